The van der Waals surface area contributed by atoms with E-state index < -0.39 is 5.97 Å². The summed E-state index contributed by atoms with van der Waals surface area (Å²) in [6.45, 7) is 0.489. The van der Waals surface area contributed by atoms with Crippen molar-refractivity contribution < 1.29 is 19.4 Å². The largest absolute Gasteiger partial charge is 0.506 e. The molecule has 1 heterocycles. The van der Waals surface area contributed by atoms with Gasteiger partial charge in [-0.15, -0.1) is 0 Å². The number of rotatable bonds is 6. The van der Waals surface area contributed by atoms with Crippen LogP contribution >= 0.6 is 11.8 Å². The minimum Gasteiger partial charge on any atom is -0.506 e. The Balaban J connectivity index is 1.54. The van der Waals surface area contributed by atoms with E-state index in [9.17, 15) is 9.90 Å². The third kappa shape index (κ3) is 5.10. The standard InChI is InChI=1S/C26H21NO4S/c1-30-26(29)23-24(28)22(32-25(23)27-20-10-6-3-7-11-20)16-18-12-14-21(15-13-18)31-17-19-8-4-2-5-9-19/h2-16,28H,17H2,1H3. The predicted octanol–water partition coefficient (Wildman–Crippen LogP) is 6.07. The molecule has 1 N–H and O–H groups in total. The van der Waals surface area contributed by atoms with Crippen LogP contribution in [0.25, 0.3) is 6.08 Å². The number of nitrogens with zero attached hydrogens (tertiary/aromatic N) is 1. The molecule has 6 heteroatoms. The van der Waals surface area contributed by atoms with Gasteiger partial charge in [0.2, 0.25) is 0 Å². The molecule has 0 unspecified atom stereocenters. The Morgan fingerprint density at radius 3 is 2.28 bits per heavy atom. The van der Waals surface area contributed by atoms with Gasteiger partial charge >= 0.3 is 5.97 Å². The minimum absolute atomic E-state index is 0.0652. The molecule has 3 aromatic carbocycles. The third-order valence-electron chi connectivity index (χ3n) is 4.69. The van der Waals surface area contributed by atoms with E-state index in [-0.39, 0.29) is 11.3 Å². The van der Waals surface area contributed by atoms with E-state index in [0.717, 1.165) is 16.9 Å². The van der Waals surface area contributed by atoms with Crippen molar-refractivity contribution in [2.45, 2.75) is 6.61 Å². The van der Waals surface area contributed by atoms with Crippen LogP contribution in [0.2, 0.25) is 0 Å². The maximum absolute atomic E-state index is 12.3. The van der Waals surface area contributed by atoms with Crippen molar-refractivity contribution in [2.24, 2.45) is 4.99 Å². The zero-order chi connectivity index (χ0) is 22.3. The second kappa shape index (κ2) is 10.0. The second-order valence-electron chi connectivity index (χ2n) is 6.92. The number of esters is 1. The molecule has 0 amide bonds. The van der Waals surface area contributed by atoms with Crippen LogP contribution in [0.1, 0.15) is 11.1 Å². The summed E-state index contributed by atoms with van der Waals surface area (Å²) in [5.74, 6) is -0.0184. The summed E-state index contributed by atoms with van der Waals surface area (Å²) in [6, 6.07) is 26.7. The molecular weight excluding hydrogens is 422 g/mol. The van der Waals surface area contributed by atoms with Crippen LogP contribution in [0.4, 0.5) is 5.69 Å². The van der Waals surface area contributed by atoms with Gasteiger partial charge in [-0.1, -0.05) is 72.4 Å². The van der Waals surface area contributed by atoms with Crippen LogP contribution in [0, 0.1) is 0 Å². The summed E-state index contributed by atoms with van der Waals surface area (Å²) in [5, 5.41) is 11.1. The highest BCUT2D eigenvalue weighted by atomic mass is 32.2. The zero-order valence-corrected chi connectivity index (χ0v) is 18.2. The lowest BCUT2D eigenvalue weighted by Crippen LogP contribution is -2.10. The van der Waals surface area contributed by atoms with Crippen molar-refractivity contribution in [3.63, 3.8) is 0 Å². The van der Waals surface area contributed by atoms with Crippen LogP contribution in [-0.4, -0.2) is 23.2 Å². The van der Waals surface area contributed by atoms with Gasteiger partial charge in [-0.3, -0.25) is 0 Å². The van der Waals surface area contributed by atoms with Gasteiger partial charge in [0.05, 0.1) is 17.7 Å². The number of aliphatic imine (C=N–C) groups is 1. The van der Waals surface area contributed by atoms with E-state index in [1.165, 1.54) is 18.9 Å². The van der Waals surface area contributed by atoms with Crippen molar-refractivity contribution in [2.75, 3.05) is 7.11 Å². The summed E-state index contributed by atoms with van der Waals surface area (Å²) in [7, 11) is 1.28. The average molecular weight is 444 g/mol. The maximum Gasteiger partial charge on any atom is 0.344 e. The first-order valence-electron chi connectivity index (χ1n) is 9.96. The lowest BCUT2D eigenvalue weighted by atomic mass is 10.1. The molecule has 32 heavy (non-hydrogen) atoms. The van der Waals surface area contributed by atoms with Gasteiger partial charge in [-0.2, -0.15) is 0 Å². The highest BCUT2D eigenvalue weighted by Gasteiger charge is 2.32. The summed E-state index contributed by atoms with van der Waals surface area (Å²) in [4.78, 5) is 17.3. The molecule has 5 nitrogen and oxygen atoms in total. The number of aliphatic hydroxyl groups excluding tert-OH is 1. The van der Waals surface area contributed by atoms with E-state index >= 15 is 0 Å². The van der Waals surface area contributed by atoms with Crippen LogP contribution in [0.5, 0.6) is 5.75 Å². The number of carbonyl (C=O) groups is 1. The summed E-state index contributed by atoms with van der Waals surface area (Å²) in [6.07, 6.45) is 1.80. The van der Waals surface area contributed by atoms with Gasteiger partial charge in [-0.25, -0.2) is 9.79 Å². The molecule has 0 radical (unpaired) electrons. The molecular formula is C26H21NO4S. The topological polar surface area (TPSA) is 68.1 Å². The third-order valence-corrected chi connectivity index (χ3v) is 5.71. The Bertz CT molecular complexity index is 1180. The monoisotopic (exact) mass is 443 g/mol. The second-order valence-corrected chi connectivity index (χ2v) is 7.95. The number of para-hydroxylation sites is 1. The Kier molecular flexibility index (Phi) is 6.72. The Morgan fingerprint density at radius 1 is 0.969 bits per heavy atom. The first-order valence-corrected chi connectivity index (χ1v) is 10.8. The Labute approximate surface area is 190 Å². The molecule has 0 aliphatic carbocycles. The first-order chi connectivity index (χ1) is 15.6. The number of hydrogen-bond donors (Lipinski definition) is 1. The molecule has 1 aliphatic rings. The average Bonchev–Trinajstić information content (AvgIpc) is 3.13. The van der Waals surface area contributed by atoms with E-state index in [2.05, 4.69) is 4.99 Å². The van der Waals surface area contributed by atoms with E-state index in [0.29, 0.717) is 22.2 Å². The molecule has 0 atom stereocenters. The van der Waals surface area contributed by atoms with Gasteiger partial charge in [0, 0.05) is 0 Å². The summed E-state index contributed by atoms with van der Waals surface area (Å²) >= 11 is 1.23. The number of benzene rings is 3. The van der Waals surface area contributed by atoms with Crippen LogP contribution < -0.4 is 4.74 Å². The molecule has 0 fully saturated rings. The molecule has 0 spiro atoms. The van der Waals surface area contributed by atoms with Crippen molar-refractivity contribution in [3.05, 3.63) is 112 Å². The zero-order valence-electron chi connectivity index (χ0n) is 17.4. The summed E-state index contributed by atoms with van der Waals surface area (Å²) < 4.78 is 10.7. The van der Waals surface area contributed by atoms with Crippen molar-refractivity contribution in [1.29, 1.82) is 0 Å². The van der Waals surface area contributed by atoms with Gasteiger partial charge < -0.3 is 14.6 Å². The minimum atomic E-state index is -0.627. The molecule has 1 aliphatic heterocycles. The van der Waals surface area contributed by atoms with Crippen molar-refractivity contribution in [1.82, 2.24) is 0 Å². The molecule has 0 saturated heterocycles. The van der Waals surface area contributed by atoms with Crippen molar-refractivity contribution in [3.8, 4) is 5.75 Å². The molecule has 0 aromatic heterocycles. The quantitative estimate of drug-likeness (QED) is 0.469. The first kappa shape index (κ1) is 21.5. The van der Waals surface area contributed by atoms with Gasteiger partial charge in [0.25, 0.3) is 0 Å². The fourth-order valence-corrected chi connectivity index (χ4v) is 4.10. The molecule has 3 aromatic rings. The van der Waals surface area contributed by atoms with E-state index in [4.69, 9.17) is 9.47 Å². The van der Waals surface area contributed by atoms with Gasteiger partial charge in [-0.05, 0) is 41.5 Å². The highest BCUT2D eigenvalue weighted by Crippen LogP contribution is 2.40. The number of aliphatic hydroxyl groups is 1. The lowest BCUT2D eigenvalue weighted by Gasteiger charge is -2.06. The smallest absolute Gasteiger partial charge is 0.344 e. The predicted molar refractivity (Wildman–Crippen MR) is 128 cm³/mol. The fraction of sp³-hybridized carbons (Fsp3) is 0.0769. The van der Waals surface area contributed by atoms with Gasteiger partial charge in [0.15, 0.2) is 0 Å². The van der Waals surface area contributed by atoms with Gasteiger partial charge in [0.1, 0.15) is 28.7 Å². The highest BCUT2D eigenvalue weighted by molar-refractivity contribution is 8.18. The number of thioether (sulfide) groups is 1. The lowest BCUT2D eigenvalue weighted by molar-refractivity contribution is -0.135. The van der Waals surface area contributed by atoms with Crippen LogP contribution in [-0.2, 0) is 16.1 Å². The normalized spacial score (nSPS) is 15.9. The Morgan fingerprint density at radius 2 is 1.62 bits per heavy atom. The Hall–Kier alpha value is -3.77. The van der Waals surface area contributed by atoms with Crippen LogP contribution in [0.3, 0.4) is 0 Å². The van der Waals surface area contributed by atoms with E-state index in [1.807, 2.05) is 84.9 Å². The number of carbonyl (C=O) groups excluding carboxylic acids is 1. The molecule has 4 rings (SSSR count). The maximum atomic E-state index is 12.3. The number of methoxy groups -OCH3 is 1. The molecule has 160 valence electrons. The number of ether oxygens (including phenoxy) is 2. The van der Waals surface area contributed by atoms with Crippen LogP contribution in [0.15, 0.2) is 106 Å². The number of hydrogen-bond acceptors (Lipinski definition) is 6. The van der Waals surface area contributed by atoms with Crippen molar-refractivity contribution >= 4 is 34.5 Å². The molecule has 0 saturated carbocycles. The SMILES string of the molecule is COC(=O)C1=C(O)C(=Cc2ccc(OCc3ccccc3)cc2)SC1=Nc1ccccc1. The summed E-state index contributed by atoms with van der Waals surface area (Å²) in [5.41, 5.74) is 2.70. The fourth-order valence-electron chi connectivity index (χ4n) is 3.06. The van der Waals surface area contributed by atoms with E-state index in [1.54, 1.807) is 6.08 Å². The molecule has 0 bridgehead atoms.